The van der Waals surface area contributed by atoms with Gasteiger partial charge < -0.3 is 47.3 Å². The molecule has 15 rings (SSSR count). The van der Waals surface area contributed by atoms with Crippen LogP contribution in [-0.4, -0.2) is 100 Å². The first kappa shape index (κ1) is 44.8. The number of allylic oxidation sites excluding steroid dienone is 6. The second kappa shape index (κ2) is 14.8. The van der Waals surface area contributed by atoms with Crippen molar-refractivity contribution in [1.82, 2.24) is 10.2 Å². The van der Waals surface area contributed by atoms with Crippen LogP contribution in [0.15, 0.2) is 106 Å². The van der Waals surface area contributed by atoms with Gasteiger partial charge in [-0.25, -0.2) is 5.21 Å². The van der Waals surface area contributed by atoms with Gasteiger partial charge in [-0.05, 0) is 129 Å². The number of ether oxygens (including phenoxy) is 3. The van der Waals surface area contributed by atoms with Crippen molar-refractivity contribution in [2.45, 2.75) is 127 Å². The minimum absolute atomic E-state index is 0. The molecular weight excluding hydrogens is 850 g/mol. The lowest BCUT2D eigenvalue weighted by Crippen LogP contribution is -3.00. The Morgan fingerprint density at radius 3 is 1.61 bits per heavy atom. The fourth-order valence-electron chi connectivity index (χ4n) is 14.9. The summed E-state index contributed by atoms with van der Waals surface area (Å²) in [5.74, 6) is 2.95. The van der Waals surface area contributed by atoms with Crippen LogP contribution >= 0.6 is 0 Å². The predicted octanol–water partition coefficient (Wildman–Crippen LogP) is 5.45. The van der Waals surface area contributed by atoms with Crippen molar-refractivity contribution in [2.24, 2.45) is 0 Å². The monoisotopic (exact) mass is 913 g/mol. The summed E-state index contributed by atoms with van der Waals surface area (Å²) in [7, 11) is 4.13. The van der Waals surface area contributed by atoms with E-state index in [0.29, 0.717) is 30.1 Å². The van der Waals surface area contributed by atoms with Crippen LogP contribution in [0.2, 0.25) is 0 Å². The molecule has 3 aromatic carbocycles. The van der Waals surface area contributed by atoms with Crippen LogP contribution in [0.1, 0.15) is 88.3 Å². The van der Waals surface area contributed by atoms with E-state index in [-0.39, 0.29) is 84.0 Å². The Morgan fingerprint density at radius 2 is 1.06 bits per heavy atom. The maximum absolute atomic E-state index is 10.9. The van der Waals surface area contributed by atoms with E-state index in [2.05, 4.69) is 86.6 Å². The van der Waals surface area contributed by atoms with Gasteiger partial charge in [0, 0.05) is 47.2 Å². The fourth-order valence-corrected chi connectivity index (χ4v) is 14.9. The first-order chi connectivity index (χ1) is 30.3. The molecule has 6 heterocycles. The molecule has 6 aliphatic carbocycles. The molecule has 0 radical (unpaired) electrons. The van der Waals surface area contributed by atoms with Crippen molar-refractivity contribution >= 4 is 0 Å². The zero-order valence-electron chi connectivity index (χ0n) is 37.0. The van der Waals surface area contributed by atoms with E-state index >= 15 is 0 Å². The molecule has 348 valence electrons. The third kappa shape index (κ3) is 5.33. The third-order valence-electron chi connectivity index (χ3n) is 17.7. The first-order valence-corrected chi connectivity index (χ1v) is 23.0. The predicted molar refractivity (Wildman–Crippen MR) is 251 cm³/mol. The summed E-state index contributed by atoms with van der Waals surface area (Å²) in [5, 5.41) is 45.3. The van der Waals surface area contributed by atoms with E-state index in [4.69, 9.17) is 14.2 Å². The maximum Gasteiger partial charge on any atom is 0.166 e. The number of benzene rings is 3. The van der Waals surface area contributed by atoms with E-state index < -0.39 is 0 Å². The lowest BCUT2D eigenvalue weighted by molar-refractivity contribution is -1.11. The Kier molecular flexibility index (Phi) is 10.0. The lowest BCUT2D eigenvalue weighted by atomic mass is 9.56. The molecule has 5 N–H and O–H groups in total. The molecule has 3 unspecified atom stereocenters. The summed E-state index contributed by atoms with van der Waals surface area (Å²) < 4.78 is 18.8. The van der Waals surface area contributed by atoms with Gasteiger partial charge in [-0.15, -0.1) is 0 Å². The van der Waals surface area contributed by atoms with Gasteiger partial charge >= 0.3 is 0 Å². The topological polar surface area (TPSA) is 124 Å². The summed E-state index contributed by atoms with van der Waals surface area (Å²) >= 11 is 0. The number of nitrogens with zero attached hydrogens (tertiary/aromatic N) is 2. The highest BCUT2D eigenvalue weighted by atomic mass is 35.5. The SMILES string of the molecule is C.C.CC1=CC=C2C3Cc4ccc(O)c5c4[C@@]2(CCN3)[C@H]1O5.CC1=CC=C2C3Cc4ccc(O)c5c4[C@@]2(CCN3C)[C@H]1O5.CC1=CC=C2C3Cc4ccc(O)c5c4[C@@]2(CC[N@@+]3(C)O)[C@H]1O5.[Cl-]. The van der Waals surface area contributed by atoms with Gasteiger partial charge in [0.2, 0.25) is 0 Å². The normalized spacial score (nSPS) is 35.7. The van der Waals surface area contributed by atoms with Crippen LogP contribution in [-0.2, 0) is 35.5 Å². The van der Waals surface area contributed by atoms with Crippen molar-refractivity contribution in [3.63, 3.8) is 0 Å². The van der Waals surface area contributed by atoms with Crippen molar-refractivity contribution < 1.29 is 51.8 Å². The van der Waals surface area contributed by atoms with E-state index in [0.717, 1.165) is 63.1 Å². The van der Waals surface area contributed by atoms with Crippen LogP contribution in [0, 0.1) is 0 Å². The zero-order valence-corrected chi connectivity index (χ0v) is 37.8. The summed E-state index contributed by atoms with van der Waals surface area (Å²) in [6.45, 7) is 9.20. The van der Waals surface area contributed by atoms with Gasteiger partial charge in [0.05, 0.1) is 23.3 Å². The van der Waals surface area contributed by atoms with Gasteiger partial charge in [-0.1, -0.05) is 69.5 Å². The summed E-state index contributed by atoms with van der Waals surface area (Å²) in [6, 6.07) is 12.4. The number of likely N-dealkylation sites (N-methyl/N-ethyl adjacent to an activating group) is 2. The number of rotatable bonds is 0. The second-order valence-electron chi connectivity index (χ2n) is 20.7. The highest BCUT2D eigenvalue weighted by Gasteiger charge is 2.66. The average Bonchev–Trinajstić information content (AvgIpc) is 3.94. The molecule has 6 bridgehead atoms. The quantitative estimate of drug-likeness (QED) is 0.188. The molecular formula is C55H64ClN3O7. The van der Waals surface area contributed by atoms with E-state index in [9.17, 15) is 20.5 Å². The Labute approximate surface area is 395 Å². The lowest BCUT2D eigenvalue weighted by Gasteiger charge is -2.53. The van der Waals surface area contributed by atoms with E-state index in [1.165, 1.54) is 66.8 Å². The number of phenols is 3. The number of phenolic OH excluding ortho intramolecular Hbond substituents is 3. The minimum Gasteiger partial charge on any atom is -1.00 e. The summed E-state index contributed by atoms with van der Waals surface area (Å²) in [6.07, 6.45) is 19.2. The van der Waals surface area contributed by atoms with Crippen LogP contribution in [0.25, 0.3) is 0 Å². The largest absolute Gasteiger partial charge is 1.00 e. The fraction of sp³-hybridized carbons (Fsp3) is 0.455. The second-order valence-corrected chi connectivity index (χ2v) is 20.7. The molecule has 3 spiro atoms. The van der Waals surface area contributed by atoms with Gasteiger partial charge in [0.25, 0.3) is 0 Å². The van der Waals surface area contributed by atoms with Crippen molar-refractivity contribution in [3.05, 3.63) is 140 Å². The number of hydrogen-bond donors (Lipinski definition) is 5. The first-order valence-electron chi connectivity index (χ1n) is 23.0. The number of quaternary nitrogens is 1. The van der Waals surface area contributed by atoms with Gasteiger partial charge in [0.1, 0.15) is 30.9 Å². The third-order valence-corrected chi connectivity index (χ3v) is 17.7. The van der Waals surface area contributed by atoms with E-state index in [1.54, 1.807) is 18.2 Å². The number of aromatic hydroxyl groups is 3. The molecule has 10 nitrogen and oxygen atoms in total. The maximum atomic E-state index is 10.9. The minimum atomic E-state index is -0.189. The molecule has 0 aromatic heterocycles. The number of piperidine rings is 3. The van der Waals surface area contributed by atoms with Crippen LogP contribution in [0.5, 0.6) is 34.5 Å². The Morgan fingerprint density at radius 1 is 0.606 bits per heavy atom. The molecule has 6 aliphatic heterocycles. The van der Waals surface area contributed by atoms with Crippen molar-refractivity contribution in [2.75, 3.05) is 33.7 Å². The Bertz CT molecular complexity index is 2820. The smallest absolute Gasteiger partial charge is 0.166 e. The molecule has 66 heavy (non-hydrogen) atoms. The zero-order chi connectivity index (χ0) is 43.1. The molecule has 0 saturated carbocycles. The van der Waals surface area contributed by atoms with Gasteiger partial charge in [0.15, 0.2) is 34.5 Å². The molecule has 3 aromatic rings. The number of nitrogens with one attached hydrogen (secondary N) is 1. The molecule has 10 atom stereocenters. The molecule has 11 heteroatoms. The number of hydrogen-bond acceptors (Lipinski definition) is 9. The number of halogens is 1. The van der Waals surface area contributed by atoms with Crippen LogP contribution in [0.3, 0.4) is 0 Å². The van der Waals surface area contributed by atoms with Crippen LogP contribution in [0.4, 0.5) is 0 Å². The molecule has 12 aliphatic rings. The van der Waals surface area contributed by atoms with Gasteiger partial charge in [-0.3, -0.25) is 4.90 Å². The number of hydroxylamine groups is 3. The highest BCUT2D eigenvalue weighted by Crippen LogP contribution is 2.65. The van der Waals surface area contributed by atoms with Gasteiger partial charge in [-0.2, -0.15) is 4.65 Å². The van der Waals surface area contributed by atoms with E-state index in [1.807, 2.05) is 13.1 Å². The van der Waals surface area contributed by atoms with Crippen molar-refractivity contribution in [3.8, 4) is 34.5 Å². The molecule has 3 fully saturated rings. The highest BCUT2D eigenvalue weighted by molar-refractivity contribution is 5.70. The average molecular weight is 915 g/mol. The Balaban J connectivity index is 0.000000114. The summed E-state index contributed by atoms with van der Waals surface area (Å²) in [5.41, 5.74) is 15.3. The summed E-state index contributed by atoms with van der Waals surface area (Å²) in [4.78, 5) is 2.47. The standard InChI is InChI=1S/C18H19NO3.C18H19NO2.C17H17NO2.2CH4.ClH/c1-10-3-5-12-13-9-11-4-6-14(20)16-15(11)18(12,17(10)22-16)7-8-19(13,2)21;1-10-3-5-12-13-9-11-4-6-14(20)16-15(11)18(12,17(10)21-16)7-8-19(13)2;1-9-2-4-11-12-8-10-3-5-13(19)15-14(10)17(11,6-7-18-12)16(9)20-15;;;/h3-6,13,17,21H,7-9H2,1-2H3;3-6,13,17,20H,7-9H2,1-2H3;2-5,12,16,18-19H,6-8H2,1H3;2*1H4;1H/t13?,17-,18-,19+;13?,17-,18-;12?,16-,17-;;;/m000.../s1. The molecule has 3 saturated heterocycles. The molecule has 0 amide bonds. The Hall–Kier alpha value is -4.97. The van der Waals surface area contributed by atoms with Crippen molar-refractivity contribution in [1.29, 1.82) is 0 Å². The van der Waals surface area contributed by atoms with Crippen LogP contribution < -0.4 is 31.9 Å². The number of likely N-dealkylation sites (tertiary alicyclic amines) is 2.